The molecule has 116 valence electrons. The second-order valence-electron chi connectivity index (χ2n) is 4.42. The summed E-state index contributed by atoms with van der Waals surface area (Å²) in [6, 6.07) is 5.55. The Balaban J connectivity index is 2.03. The number of nitrogens with one attached hydrogen (secondary N) is 1. The number of carbonyl (C=O) groups excluding carboxylic acids is 1. The summed E-state index contributed by atoms with van der Waals surface area (Å²) in [6.07, 6.45) is 3.95. The Labute approximate surface area is 136 Å². The molecule has 0 bridgehead atoms. The SMILES string of the molecule is CCCn1nnc(NC(=O)/C=C/c2cc(Br)ccc2OC)n1. The van der Waals surface area contributed by atoms with Crippen molar-refractivity contribution in [2.75, 3.05) is 12.4 Å². The van der Waals surface area contributed by atoms with Crippen LogP contribution in [-0.2, 0) is 11.3 Å². The highest BCUT2D eigenvalue weighted by Gasteiger charge is 2.05. The van der Waals surface area contributed by atoms with E-state index in [0.29, 0.717) is 12.3 Å². The number of aromatic nitrogens is 4. The fraction of sp³-hybridized carbons (Fsp3) is 0.286. The van der Waals surface area contributed by atoms with Gasteiger partial charge in [-0.25, -0.2) is 0 Å². The summed E-state index contributed by atoms with van der Waals surface area (Å²) in [7, 11) is 1.58. The Kier molecular flexibility index (Phi) is 5.65. The molecule has 0 aliphatic heterocycles. The monoisotopic (exact) mass is 365 g/mol. The first-order chi connectivity index (χ1) is 10.6. The molecule has 8 heteroatoms. The van der Waals surface area contributed by atoms with Gasteiger partial charge in [0.05, 0.1) is 13.7 Å². The highest BCUT2D eigenvalue weighted by Crippen LogP contribution is 2.24. The van der Waals surface area contributed by atoms with Crippen molar-refractivity contribution in [3.8, 4) is 5.75 Å². The van der Waals surface area contributed by atoms with E-state index >= 15 is 0 Å². The van der Waals surface area contributed by atoms with Crippen LogP contribution < -0.4 is 10.1 Å². The Hall–Kier alpha value is -2.22. The largest absolute Gasteiger partial charge is 0.496 e. The maximum absolute atomic E-state index is 11.9. The molecule has 0 saturated carbocycles. The molecule has 7 nitrogen and oxygen atoms in total. The zero-order valence-corrected chi connectivity index (χ0v) is 13.9. The highest BCUT2D eigenvalue weighted by atomic mass is 79.9. The maximum atomic E-state index is 11.9. The number of tetrazole rings is 1. The van der Waals surface area contributed by atoms with Crippen molar-refractivity contribution in [1.82, 2.24) is 20.2 Å². The van der Waals surface area contributed by atoms with Gasteiger partial charge in [0.2, 0.25) is 0 Å². The van der Waals surface area contributed by atoms with Crippen molar-refractivity contribution < 1.29 is 9.53 Å². The van der Waals surface area contributed by atoms with Gasteiger partial charge in [0.15, 0.2) is 0 Å². The molecule has 0 aliphatic carbocycles. The van der Waals surface area contributed by atoms with E-state index in [1.165, 1.54) is 10.9 Å². The van der Waals surface area contributed by atoms with Crippen molar-refractivity contribution in [1.29, 1.82) is 0 Å². The Morgan fingerprint density at radius 3 is 3.05 bits per heavy atom. The van der Waals surface area contributed by atoms with Crippen LogP contribution in [0.2, 0.25) is 0 Å². The molecular formula is C14H16BrN5O2. The Bertz CT molecular complexity index is 684. The number of hydrogen-bond donors (Lipinski definition) is 1. The summed E-state index contributed by atoms with van der Waals surface area (Å²) in [5, 5.41) is 14.2. The second-order valence-corrected chi connectivity index (χ2v) is 5.33. The van der Waals surface area contributed by atoms with E-state index in [1.807, 2.05) is 25.1 Å². The Morgan fingerprint density at radius 1 is 1.50 bits per heavy atom. The van der Waals surface area contributed by atoms with Gasteiger partial charge >= 0.3 is 0 Å². The quantitative estimate of drug-likeness (QED) is 0.795. The lowest BCUT2D eigenvalue weighted by Gasteiger charge is -2.04. The van der Waals surface area contributed by atoms with E-state index in [2.05, 4.69) is 36.7 Å². The number of hydrogen-bond acceptors (Lipinski definition) is 5. The zero-order chi connectivity index (χ0) is 15.9. The smallest absolute Gasteiger partial charge is 0.270 e. The third-order valence-corrected chi connectivity index (χ3v) is 3.21. The molecule has 0 fully saturated rings. The van der Waals surface area contributed by atoms with Crippen LogP contribution >= 0.6 is 15.9 Å². The third-order valence-electron chi connectivity index (χ3n) is 2.72. The summed E-state index contributed by atoms with van der Waals surface area (Å²) >= 11 is 3.38. The topological polar surface area (TPSA) is 81.9 Å². The normalized spacial score (nSPS) is 10.9. The summed E-state index contributed by atoms with van der Waals surface area (Å²) in [5.41, 5.74) is 0.787. The number of nitrogens with zero attached hydrogens (tertiary/aromatic N) is 4. The predicted molar refractivity (Wildman–Crippen MR) is 86.5 cm³/mol. The number of rotatable bonds is 6. The zero-order valence-electron chi connectivity index (χ0n) is 12.3. The van der Waals surface area contributed by atoms with E-state index < -0.39 is 0 Å². The minimum absolute atomic E-state index is 0.185. The molecule has 0 radical (unpaired) electrons. The summed E-state index contributed by atoms with van der Waals surface area (Å²) < 4.78 is 6.14. The van der Waals surface area contributed by atoms with Crippen molar-refractivity contribution in [2.45, 2.75) is 19.9 Å². The lowest BCUT2D eigenvalue weighted by atomic mass is 10.2. The molecule has 1 amide bonds. The van der Waals surface area contributed by atoms with Crippen LogP contribution in [-0.4, -0.2) is 33.2 Å². The van der Waals surface area contributed by atoms with Crippen LogP contribution in [0.15, 0.2) is 28.7 Å². The van der Waals surface area contributed by atoms with Gasteiger partial charge in [0.25, 0.3) is 11.9 Å². The van der Waals surface area contributed by atoms with E-state index in [1.54, 1.807) is 13.2 Å². The first kappa shape index (κ1) is 16.2. The number of amides is 1. The van der Waals surface area contributed by atoms with Gasteiger partial charge < -0.3 is 4.74 Å². The Morgan fingerprint density at radius 2 is 2.32 bits per heavy atom. The van der Waals surface area contributed by atoms with Crippen LogP contribution in [0.25, 0.3) is 6.08 Å². The van der Waals surface area contributed by atoms with Crippen molar-refractivity contribution in [3.63, 3.8) is 0 Å². The predicted octanol–water partition coefficient (Wildman–Crippen LogP) is 2.51. The molecule has 0 unspecified atom stereocenters. The maximum Gasteiger partial charge on any atom is 0.270 e. The summed E-state index contributed by atoms with van der Waals surface area (Å²) in [4.78, 5) is 13.3. The number of ether oxygens (including phenoxy) is 1. The van der Waals surface area contributed by atoms with Gasteiger partial charge in [-0.2, -0.15) is 4.80 Å². The van der Waals surface area contributed by atoms with Gasteiger partial charge in [0, 0.05) is 16.1 Å². The molecule has 0 saturated heterocycles. The number of halogens is 1. The fourth-order valence-electron chi connectivity index (χ4n) is 1.74. The second kappa shape index (κ2) is 7.69. The first-order valence-electron chi connectivity index (χ1n) is 6.72. The summed E-state index contributed by atoms with van der Waals surface area (Å²) in [5.74, 6) is 0.529. The molecule has 0 spiro atoms. The highest BCUT2D eigenvalue weighted by molar-refractivity contribution is 9.10. The van der Waals surface area contributed by atoms with Crippen LogP contribution in [0.5, 0.6) is 5.75 Å². The average molecular weight is 366 g/mol. The lowest BCUT2D eigenvalue weighted by molar-refractivity contribution is -0.111. The van der Waals surface area contributed by atoms with Gasteiger partial charge in [-0.1, -0.05) is 28.0 Å². The molecule has 1 aromatic carbocycles. The molecule has 0 aliphatic rings. The number of aryl methyl sites for hydroxylation is 1. The first-order valence-corrected chi connectivity index (χ1v) is 7.52. The van der Waals surface area contributed by atoms with Crippen molar-refractivity contribution in [3.05, 3.63) is 34.3 Å². The lowest BCUT2D eigenvalue weighted by Crippen LogP contribution is -2.10. The number of carbonyl (C=O) groups is 1. The van der Waals surface area contributed by atoms with Crippen molar-refractivity contribution in [2.24, 2.45) is 0 Å². The molecular weight excluding hydrogens is 350 g/mol. The van der Waals surface area contributed by atoms with E-state index in [0.717, 1.165) is 16.5 Å². The van der Waals surface area contributed by atoms with Gasteiger partial charge in [0.1, 0.15) is 5.75 Å². The standard InChI is InChI=1S/C14H16BrN5O2/c1-3-8-20-18-14(17-19-20)16-13(21)7-4-10-9-11(15)5-6-12(10)22-2/h4-7,9H,3,8H2,1-2H3,(H,16,18,21)/b7-4+. The van der Waals surface area contributed by atoms with Crippen LogP contribution in [0.1, 0.15) is 18.9 Å². The van der Waals surface area contributed by atoms with Gasteiger partial charge in [-0.05, 0) is 35.9 Å². The number of methoxy groups -OCH3 is 1. The third kappa shape index (κ3) is 4.39. The molecule has 1 heterocycles. The van der Waals surface area contributed by atoms with Crippen LogP contribution in [0, 0.1) is 0 Å². The van der Waals surface area contributed by atoms with Gasteiger partial charge in [-0.3, -0.25) is 10.1 Å². The molecule has 2 aromatic rings. The molecule has 0 atom stereocenters. The van der Waals surface area contributed by atoms with E-state index in [-0.39, 0.29) is 11.9 Å². The van der Waals surface area contributed by atoms with Crippen LogP contribution in [0.4, 0.5) is 5.95 Å². The minimum atomic E-state index is -0.335. The molecule has 2 rings (SSSR count). The van der Waals surface area contributed by atoms with E-state index in [9.17, 15) is 4.79 Å². The van der Waals surface area contributed by atoms with E-state index in [4.69, 9.17) is 4.74 Å². The summed E-state index contributed by atoms with van der Waals surface area (Å²) in [6.45, 7) is 2.67. The fourth-order valence-corrected chi connectivity index (χ4v) is 2.12. The molecule has 1 N–H and O–H groups in total. The number of anilines is 1. The molecule has 22 heavy (non-hydrogen) atoms. The number of benzene rings is 1. The average Bonchev–Trinajstić information content (AvgIpc) is 2.93. The van der Waals surface area contributed by atoms with Crippen molar-refractivity contribution >= 4 is 33.9 Å². The van der Waals surface area contributed by atoms with Crippen LogP contribution in [0.3, 0.4) is 0 Å². The minimum Gasteiger partial charge on any atom is -0.496 e. The van der Waals surface area contributed by atoms with Gasteiger partial charge in [-0.15, -0.1) is 5.10 Å². The molecule has 1 aromatic heterocycles.